The Morgan fingerprint density at radius 3 is 2.55 bits per heavy atom. The molecule has 2 heterocycles. The van der Waals surface area contributed by atoms with Crippen LogP contribution < -0.4 is 10.9 Å². The minimum absolute atomic E-state index is 0.206. The van der Waals surface area contributed by atoms with Crippen LogP contribution in [0.3, 0.4) is 0 Å². The maximum absolute atomic E-state index is 12.8. The third-order valence-corrected chi connectivity index (χ3v) is 4.87. The number of rotatable bonds is 4. The number of hydrogen-bond donors (Lipinski definition) is 2. The zero-order chi connectivity index (χ0) is 20.5. The van der Waals surface area contributed by atoms with Crippen molar-refractivity contribution in [1.29, 1.82) is 0 Å². The number of halogens is 1. The first-order valence-corrected chi connectivity index (χ1v) is 9.38. The molecule has 0 aliphatic carbocycles. The van der Waals surface area contributed by atoms with Gasteiger partial charge in [0.1, 0.15) is 11.3 Å². The van der Waals surface area contributed by atoms with Crippen LogP contribution in [0, 0.1) is 0 Å². The number of carbonyl (C=O) groups excluding carboxylic acids is 1. The first kappa shape index (κ1) is 18.8. The summed E-state index contributed by atoms with van der Waals surface area (Å²) in [5, 5.41) is 4.21. The minimum atomic E-state index is -0.296. The molecule has 0 fully saturated rings. The van der Waals surface area contributed by atoms with E-state index in [1.54, 1.807) is 36.4 Å². The Bertz CT molecular complexity index is 1300. The third-order valence-electron chi connectivity index (χ3n) is 4.62. The number of allylic oxidation sites excluding steroid dienone is 1. The molecule has 2 aromatic carbocycles. The number of fused-ring (bicyclic) bond motifs is 1. The van der Waals surface area contributed by atoms with Crippen molar-refractivity contribution in [3.05, 3.63) is 99.9 Å². The molecule has 0 aliphatic rings. The maximum atomic E-state index is 12.8. The highest BCUT2D eigenvalue weighted by atomic mass is 35.5. The molecule has 0 atom stereocenters. The molecular formula is C23H18ClN3O2. The molecule has 0 aliphatic heterocycles. The number of nitrogens with one attached hydrogen (secondary N) is 2. The molecule has 0 spiro atoms. The number of aromatic amines is 1. The molecule has 0 radical (unpaired) electrons. The number of aromatic nitrogens is 2. The van der Waals surface area contributed by atoms with Crippen molar-refractivity contribution in [3.63, 3.8) is 0 Å². The number of pyridine rings is 1. The SMILES string of the molecule is C=C(C)c1cccc(NC(=O)c2cc3ccc(=O)n(-c4ccc(Cl)cc4)c3[nH]2)c1. The monoisotopic (exact) mass is 403 g/mol. The molecule has 2 N–H and O–H groups in total. The van der Waals surface area contributed by atoms with E-state index in [0.29, 0.717) is 27.7 Å². The van der Waals surface area contributed by atoms with Crippen LogP contribution in [0.25, 0.3) is 22.3 Å². The minimum Gasteiger partial charge on any atom is -0.336 e. The average Bonchev–Trinajstić information content (AvgIpc) is 3.13. The van der Waals surface area contributed by atoms with Gasteiger partial charge in [0.05, 0.1) is 5.69 Å². The van der Waals surface area contributed by atoms with E-state index < -0.39 is 0 Å². The van der Waals surface area contributed by atoms with Crippen molar-refractivity contribution < 1.29 is 4.79 Å². The highest BCUT2D eigenvalue weighted by Crippen LogP contribution is 2.21. The molecule has 0 saturated carbocycles. The molecule has 0 saturated heterocycles. The van der Waals surface area contributed by atoms with Crippen LogP contribution in [0.5, 0.6) is 0 Å². The fourth-order valence-electron chi connectivity index (χ4n) is 3.15. The molecule has 0 bridgehead atoms. The van der Waals surface area contributed by atoms with Gasteiger partial charge < -0.3 is 10.3 Å². The van der Waals surface area contributed by atoms with Crippen molar-refractivity contribution in [2.45, 2.75) is 6.92 Å². The van der Waals surface area contributed by atoms with Crippen molar-refractivity contribution in [2.24, 2.45) is 0 Å². The maximum Gasteiger partial charge on any atom is 0.272 e. The van der Waals surface area contributed by atoms with Gasteiger partial charge in [0, 0.05) is 22.2 Å². The molecule has 4 rings (SSSR count). The molecule has 29 heavy (non-hydrogen) atoms. The van der Waals surface area contributed by atoms with E-state index >= 15 is 0 Å². The lowest BCUT2D eigenvalue weighted by Crippen LogP contribution is -2.17. The van der Waals surface area contributed by atoms with E-state index in [9.17, 15) is 9.59 Å². The Balaban J connectivity index is 1.72. The molecule has 0 unspecified atom stereocenters. The van der Waals surface area contributed by atoms with Gasteiger partial charge in [-0.25, -0.2) is 0 Å². The number of hydrogen-bond acceptors (Lipinski definition) is 2. The first-order valence-electron chi connectivity index (χ1n) is 9.00. The van der Waals surface area contributed by atoms with Gasteiger partial charge in [0.15, 0.2) is 0 Å². The molecular weight excluding hydrogens is 386 g/mol. The lowest BCUT2D eigenvalue weighted by molar-refractivity contribution is 0.102. The first-order chi connectivity index (χ1) is 13.9. The molecule has 144 valence electrons. The van der Waals surface area contributed by atoms with Crippen LogP contribution in [0.2, 0.25) is 5.02 Å². The standard InChI is InChI=1S/C23H18ClN3O2/c1-14(2)15-4-3-5-18(12-15)25-23(29)20-13-16-6-11-21(28)27(22(16)26-20)19-9-7-17(24)8-10-19/h3-13,26H,1H2,2H3,(H,25,29). The second-order valence-corrected chi connectivity index (χ2v) is 7.22. The Morgan fingerprint density at radius 2 is 1.83 bits per heavy atom. The van der Waals surface area contributed by atoms with Gasteiger partial charge in [-0.1, -0.05) is 35.9 Å². The lowest BCUT2D eigenvalue weighted by atomic mass is 10.1. The van der Waals surface area contributed by atoms with Crippen molar-refractivity contribution in [1.82, 2.24) is 9.55 Å². The van der Waals surface area contributed by atoms with Crippen LogP contribution in [0.1, 0.15) is 23.0 Å². The van der Waals surface area contributed by atoms with E-state index in [2.05, 4.69) is 16.9 Å². The van der Waals surface area contributed by atoms with E-state index in [1.165, 1.54) is 10.6 Å². The van der Waals surface area contributed by atoms with E-state index in [-0.39, 0.29) is 11.5 Å². The summed E-state index contributed by atoms with van der Waals surface area (Å²) in [6.45, 7) is 5.84. The summed E-state index contributed by atoms with van der Waals surface area (Å²) < 4.78 is 1.52. The zero-order valence-corrected chi connectivity index (χ0v) is 16.5. The van der Waals surface area contributed by atoms with Crippen LogP contribution in [-0.2, 0) is 0 Å². The Hall–Kier alpha value is -3.57. The Kier molecular flexibility index (Phi) is 4.82. The highest BCUT2D eigenvalue weighted by Gasteiger charge is 2.14. The number of H-pyrrole nitrogens is 1. The number of nitrogens with zero attached hydrogens (tertiary/aromatic N) is 1. The summed E-state index contributed by atoms with van der Waals surface area (Å²) in [5.41, 5.74) is 3.89. The number of anilines is 1. The molecule has 5 nitrogen and oxygen atoms in total. The number of carbonyl (C=O) groups is 1. The third kappa shape index (κ3) is 3.73. The normalized spacial score (nSPS) is 10.8. The van der Waals surface area contributed by atoms with Crippen molar-refractivity contribution in [3.8, 4) is 5.69 Å². The second kappa shape index (κ2) is 7.45. The quantitative estimate of drug-likeness (QED) is 0.488. The lowest BCUT2D eigenvalue weighted by Gasteiger charge is -2.08. The zero-order valence-electron chi connectivity index (χ0n) is 15.7. The van der Waals surface area contributed by atoms with E-state index in [4.69, 9.17) is 11.6 Å². The summed E-state index contributed by atoms with van der Waals surface area (Å²) in [6.07, 6.45) is 0. The summed E-state index contributed by atoms with van der Waals surface area (Å²) >= 11 is 5.96. The fraction of sp³-hybridized carbons (Fsp3) is 0.0435. The highest BCUT2D eigenvalue weighted by molar-refractivity contribution is 6.30. The molecule has 6 heteroatoms. The molecule has 1 amide bonds. The number of benzene rings is 2. The molecule has 2 aromatic heterocycles. The molecule has 4 aromatic rings. The Morgan fingerprint density at radius 1 is 1.07 bits per heavy atom. The largest absolute Gasteiger partial charge is 0.336 e. The van der Waals surface area contributed by atoms with Gasteiger partial charge in [0.25, 0.3) is 11.5 Å². The van der Waals surface area contributed by atoms with Crippen LogP contribution in [0.4, 0.5) is 5.69 Å². The van der Waals surface area contributed by atoms with Crippen LogP contribution >= 0.6 is 11.6 Å². The van der Waals surface area contributed by atoms with Gasteiger partial charge in [-0.2, -0.15) is 0 Å². The second-order valence-electron chi connectivity index (χ2n) is 6.79. The smallest absolute Gasteiger partial charge is 0.272 e. The van der Waals surface area contributed by atoms with Gasteiger partial charge in [-0.3, -0.25) is 14.2 Å². The topological polar surface area (TPSA) is 66.9 Å². The van der Waals surface area contributed by atoms with Crippen LogP contribution in [-0.4, -0.2) is 15.5 Å². The van der Waals surface area contributed by atoms with Gasteiger partial charge in [-0.15, -0.1) is 0 Å². The summed E-state index contributed by atoms with van der Waals surface area (Å²) in [6, 6.07) is 19.3. The summed E-state index contributed by atoms with van der Waals surface area (Å²) in [4.78, 5) is 28.3. The fourth-order valence-corrected chi connectivity index (χ4v) is 3.27. The number of amides is 1. The van der Waals surface area contributed by atoms with Crippen molar-refractivity contribution >= 4 is 39.8 Å². The van der Waals surface area contributed by atoms with E-state index in [0.717, 1.165) is 16.5 Å². The van der Waals surface area contributed by atoms with Gasteiger partial charge >= 0.3 is 0 Å². The predicted octanol–water partition coefficient (Wildman–Crippen LogP) is 5.26. The van der Waals surface area contributed by atoms with Gasteiger partial charge in [0.2, 0.25) is 0 Å². The van der Waals surface area contributed by atoms with Crippen molar-refractivity contribution in [2.75, 3.05) is 5.32 Å². The summed E-state index contributed by atoms with van der Waals surface area (Å²) in [7, 11) is 0. The van der Waals surface area contributed by atoms with E-state index in [1.807, 2.05) is 31.2 Å². The predicted molar refractivity (Wildman–Crippen MR) is 118 cm³/mol. The summed E-state index contributed by atoms with van der Waals surface area (Å²) in [5.74, 6) is -0.296. The van der Waals surface area contributed by atoms with Gasteiger partial charge in [-0.05, 0) is 61.0 Å². The van der Waals surface area contributed by atoms with Crippen LogP contribution in [0.15, 0.2) is 78.1 Å². The Labute approximate surface area is 172 Å². The average molecular weight is 404 g/mol.